The first-order valence-electron chi connectivity index (χ1n) is 6.23. The molecular formula is C13H21N3O2. The number of carbonyl (C=O) groups is 1. The van der Waals surface area contributed by atoms with E-state index < -0.39 is 0 Å². The Balaban J connectivity index is 2.10. The third-order valence-electron chi connectivity index (χ3n) is 3.68. The number of nitrogens with zero attached hydrogens (tertiary/aromatic N) is 2. The van der Waals surface area contributed by atoms with Crippen LogP contribution in [-0.2, 0) is 6.54 Å². The Labute approximate surface area is 108 Å². The molecule has 0 aromatic carbocycles. The van der Waals surface area contributed by atoms with Gasteiger partial charge in [-0.3, -0.25) is 9.69 Å². The zero-order valence-electron chi connectivity index (χ0n) is 11.3. The summed E-state index contributed by atoms with van der Waals surface area (Å²) in [5.41, 5.74) is 5.47. The predicted octanol–water partition coefficient (Wildman–Crippen LogP) is 0.904. The maximum absolute atomic E-state index is 12.3. The van der Waals surface area contributed by atoms with Crippen LogP contribution < -0.4 is 5.73 Å². The maximum atomic E-state index is 12.3. The average Bonchev–Trinajstić information content (AvgIpc) is 2.80. The van der Waals surface area contributed by atoms with E-state index in [0.717, 1.165) is 13.1 Å². The zero-order chi connectivity index (χ0) is 13.3. The van der Waals surface area contributed by atoms with Crippen molar-refractivity contribution in [3.05, 3.63) is 23.7 Å². The molecule has 0 atom stereocenters. The number of hydrogen-bond acceptors (Lipinski definition) is 4. The standard InChI is InChI=1S/C13H21N3O2/c1-13(2)9-16(7-6-15(13)3)12(17)11-5-4-10(8-14)18-11/h4-5H,6-9,14H2,1-3H3. The quantitative estimate of drug-likeness (QED) is 0.848. The highest BCUT2D eigenvalue weighted by Gasteiger charge is 2.34. The molecule has 0 radical (unpaired) electrons. The van der Waals surface area contributed by atoms with Crippen LogP contribution in [0.5, 0.6) is 0 Å². The van der Waals surface area contributed by atoms with Crippen LogP contribution in [0.4, 0.5) is 0 Å². The normalized spacial score (nSPS) is 20.1. The summed E-state index contributed by atoms with van der Waals surface area (Å²) >= 11 is 0. The lowest BCUT2D eigenvalue weighted by Gasteiger charge is -2.45. The highest BCUT2D eigenvalue weighted by Crippen LogP contribution is 2.21. The third kappa shape index (κ3) is 2.42. The molecule has 5 heteroatoms. The van der Waals surface area contributed by atoms with Crippen molar-refractivity contribution in [2.75, 3.05) is 26.7 Å². The summed E-state index contributed by atoms with van der Waals surface area (Å²) in [5.74, 6) is 0.985. The summed E-state index contributed by atoms with van der Waals surface area (Å²) in [6.45, 7) is 6.92. The van der Waals surface area contributed by atoms with E-state index in [0.29, 0.717) is 24.6 Å². The molecule has 1 amide bonds. The lowest BCUT2D eigenvalue weighted by atomic mass is 9.99. The molecule has 0 unspecified atom stereocenters. The van der Waals surface area contributed by atoms with Crippen LogP contribution in [0, 0.1) is 0 Å². The Hall–Kier alpha value is -1.33. The van der Waals surface area contributed by atoms with E-state index in [2.05, 4.69) is 25.8 Å². The van der Waals surface area contributed by atoms with Crippen molar-refractivity contribution in [3.63, 3.8) is 0 Å². The summed E-state index contributed by atoms with van der Waals surface area (Å²) < 4.78 is 5.41. The van der Waals surface area contributed by atoms with Gasteiger partial charge in [0.1, 0.15) is 5.76 Å². The molecule has 0 spiro atoms. The van der Waals surface area contributed by atoms with Crippen LogP contribution in [0.2, 0.25) is 0 Å². The number of likely N-dealkylation sites (N-methyl/N-ethyl adjacent to an activating group) is 1. The van der Waals surface area contributed by atoms with Gasteiger partial charge < -0.3 is 15.1 Å². The van der Waals surface area contributed by atoms with Crippen molar-refractivity contribution in [3.8, 4) is 0 Å². The minimum absolute atomic E-state index is 0.00278. The molecule has 1 aromatic rings. The second kappa shape index (κ2) is 4.74. The lowest BCUT2D eigenvalue weighted by molar-refractivity contribution is 0.0289. The first kappa shape index (κ1) is 13.1. The van der Waals surface area contributed by atoms with Gasteiger partial charge in [0, 0.05) is 25.2 Å². The molecule has 0 saturated carbocycles. The molecule has 1 aliphatic rings. The minimum Gasteiger partial charge on any atom is -0.455 e. The van der Waals surface area contributed by atoms with Gasteiger partial charge in [-0.2, -0.15) is 0 Å². The first-order chi connectivity index (χ1) is 8.44. The fourth-order valence-electron chi connectivity index (χ4n) is 2.17. The van der Waals surface area contributed by atoms with Crippen LogP contribution in [0.1, 0.15) is 30.2 Å². The Morgan fingerprint density at radius 3 is 2.72 bits per heavy atom. The lowest BCUT2D eigenvalue weighted by Crippen LogP contribution is -2.58. The molecule has 18 heavy (non-hydrogen) atoms. The van der Waals surface area contributed by atoms with Gasteiger partial charge in [0.05, 0.1) is 6.54 Å². The summed E-state index contributed by atoms with van der Waals surface area (Å²) in [6, 6.07) is 3.46. The van der Waals surface area contributed by atoms with Crippen LogP contribution in [0.3, 0.4) is 0 Å². The fourth-order valence-corrected chi connectivity index (χ4v) is 2.17. The van der Waals surface area contributed by atoms with E-state index in [1.54, 1.807) is 12.1 Å². The topological polar surface area (TPSA) is 62.7 Å². The van der Waals surface area contributed by atoms with Crippen LogP contribution in [0.15, 0.2) is 16.5 Å². The molecule has 1 aliphatic heterocycles. The molecule has 1 saturated heterocycles. The summed E-state index contributed by atoms with van der Waals surface area (Å²) in [7, 11) is 2.08. The molecule has 0 aliphatic carbocycles. The Bertz CT molecular complexity index is 439. The fraction of sp³-hybridized carbons (Fsp3) is 0.615. The second-order valence-corrected chi connectivity index (χ2v) is 5.43. The second-order valence-electron chi connectivity index (χ2n) is 5.43. The average molecular weight is 251 g/mol. The maximum Gasteiger partial charge on any atom is 0.289 e. The zero-order valence-corrected chi connectivity index (χ0v) is 11.3. The van der Waals surface area contributed by atoms with Gasteiger partial charge in [0.15, 0.2) is 5.76 Å². The van der Waals surface area contributed by atoms with Gasteiger partial charge in [-0.15, -0.1) is 0 Å². The van der Waals surface area contributed by atoms with E-state index in [4.69, 9.17) is 10.2 Å². The number of amides is 1. The molecule has 1 aromatic heterocycles. The molecule has 2 N–H and O–H groups in total. The van der Waals surface area contributed by atoms with Crippen molar-refractivity contribution in [1.29, 1.82) is 0 Å². The van der Waals surface area contributed by atoms with Gasteiger partial charge in [-0.1, -0.05) is 0 Å². The number of carbonyl (C=O) groups excluding carboxylic acids is 1. The molecule has 100 valence electrons. The summed E-state index contributed by atoms with van der Waals surface area (Å²) in [6.07, 6.45) is 0. The predicted molar refractivity (Wildman–Crippen MR) is 69.2 cm³/mol. The number of nitrogens with two attached hydrogens (primary N) is 1. The number of hydrogen-bond donors (Lipinski definition) is 1. The molecule has 2 heterocycles. The van der Waals surface area contributed by atoms with E-state index in [1.807, 2.05) is 4.90 Å². The van der Waals surface area contributed by atoms with Gasteiger partial charge in [-0.05, 0) is 33.0 Å². The molecule has 5 nitrogen and oxygen atoms in total. The monoisotopic (exact) mass is 251 g/mol. The SMILES string of the molecule is CN1CCN(C(=O)c2ccc(CN)o2)CC1(C)C. The largest absolute Gasteiger partial charge is 0.455 e. The smallest absolute Gasteiger partial charge is 0.289 e. The number of furan rings is 1. The molecular weight excluding hydrogens is 230 g/mol. The number of piperazine rings is 1. The van der Waals surface area contributed by atoms with Crippen molar-refractivity contribution >= 4 is 5.91 Å². The van der Waals surface area contributed by atoms with Crippen molar-refractivity contribution < 1.29 is 9.21 Å². The Kier molecular flexibility index (Phi) is 3.45. The van der Waals surface area contributed by atoms with E-state index in [-0.39, 0.29) is 11.4 Å². The van der Waals surface area contributed by atoms with Crippen LogP contribution in [-0.4, -0.2) is 47.9 Å². The highest BCUT2D eigenvalue weighted by atomic mass is 16.4. The van der Waals surface area contributed by atoms with Crippen molar-refractivity contribution in [2.24, 2.45) is 5.73 Å². The van der Waals surface area contributed by atoms with Crippen LogP contribution in [0.25, 0.3) is 0 Å². The van der Waals surface area contributed by atoms with Crippen molar-refractivity contribution in [2.45, 2.75) is 25.9 Å². The first-order valence-corrected chi connectivity index (χ1v) is 6.23. The number of rotatable bonds is 2. The third-order valence-corrected chi connectivity index (χ3v) is 3.68. The van der Waals surface area contributed by atoms with E-state index in [9.17, 15) is 4.79 Å². The van der Waals surface area contributed by atoms with Gasteiger partial charge in [-0.25, -0.2) is 0 Å². The Morgan fingerprint density at radius 2 is 2.17 bits per heavy atom. The Morgan fingerprint density at radius 1 is 1.44 bits per heavy atom. The van der Waals surface area contributed by atoms with E-state index >= 15 is 0 Å². The minimum atomic E-state index is -0.0455. The highest BCUT2D eigenvalue weighted by molar-refractivity contribution is 5.91. The summed E-state index contributed by atoms with van der Waals surface area (Å²) in [5, 5.41) is 0. The van der Waals surface area contributed by atoms with Gasteiger partial charge in [0.25, 0.3) is 5.91 Å². The molecule has 0 bridgehead atoms. The molecule has 2 rings (SSSR count). The molecule has 1 fully saturated rings. The van der Waals surface area contributed by atoms with Crippen molar-refractivity contribution in [1.82, 2.24) is 9.80 Å². The summed E-state index contributed by atoms with van der Waals surface area (Å²) in [4.78, 5) is 16.4. The van der Waals surface area contributed by atoms with E-state index in [1.165, 1.54) is 0 Å². The van der Waals surface area contributed by atoms with Crippen LogP contribution >= 0.6 is 0 Å². The van der Waals surface area contributed by atoms with Gasteiger partial charge >= 0.3 is 0 Å². The van der Waals surface area contributed by atoms with Gasteiger partial charge in [0.2, 0.25) is 0 Å².